The van der Waals surface area contributed by atoms with E-state index in [1.807, 2.05) is 13.8 Å². The highest BCUT2D eigenvalue weighted by atomic mass is 32.1. The van der Waals surface area contributed by atoms with Gasteiger partial charge in [0.25, 0.3) is 0 Å². The summed E-state index contributed by atoms with van der Waals surface area (Å²) in [6.07, 6.45) is -3.09. The van der Waals surface area contributed by atoms with Gasteiger partial charge in [-0.25, -0.2) is 4.79 Å². The predicted octanol–water partition coefficient (Wildman–Crippen LogP) is -2.18. The van der Waals surface area contributed by atoms with E-state index in [-0.39, 0.29) is 56.1 Å². The number of carbonyl (C=O) groups excluding carboxylic acids is 9. The molecule has 0 fully saturated rings. The van der Waals surface area contributed by atoms with Crippen LogP contribution in [0.5, 0.6) is 0 Å². The van der Waals surface area contributed by atoms with Crippen molar-refractivity contribution in [1.29, 1.82) is 0 Å². The van der Waals surface area contributed by atoms with Crippen LogP contribution >= 0.6 is 12.6 Å². The molecular weight excluding hydrogens is 917 g/mol. The number of thiol groups is 1. The molecule has 2 rings (SSSR count). The number of benzene rings is 2. The molecule has 0 bridgehead atoms. The lowest BCUT2D eigenvalue weighted by molar-refractivity contribution is -0.142. The van der Waals surface area contributed by atoms with E-state index in [4.69, 9.17) is 17.2 Å². The molecule has 0 radical (unpaired) electrons. The maximum atomic E-state index is 14.1. The maximum Gasteiger partial charge on any atom is 0.326 e. The number of nitrogens with two attached hydrogens (primary N) is 3. The molecule has 0 aliphatic heterocycles. The first-order valence-corrected chi connectivity index (χ1v) is 23.1. The Hall–Kier alpha value is -6.59. The van der Waals surface area contributed by atoms with Crippen molar-refractivity contribution in [2.45, 2.75) is 134 Å². The van der Waals surface area contributed by atoms with Gasteiger partial charge in [-0.3, -0.25) is 43.2 Å². The van der Waals surface area contributed by atoms with Gasteiger partial charge in [-0.15, -0.1) is 0 Å². The zero-order valence-corrected chi connectivity index (χ0v) is 40.3. The van der Waals surface area contributed by atoms with Gasteiger partial charge in [0.05, 0.1) is 18.6 Å². The Bertz CT molecular complexity index is 2080. The largest absolute Gasteiger partial charge is 0.480 e. The van der Waals surface area contributed by atoms with Crippen LogP contribution in [0.25, 0.3) is 0 Å². The molecule has 22 nitrogen and oxygen atoms in total. The van der Waals surface area contributed by atoms with Gasteiger partial charge in [-0.05, 0) is 49.1 Å². The highest BCUT2D eigenvalue weighted by molar-refractivity contribution is 7.80. The number of primary amides is 2. The van der Waals surface area contributed by atoms with E-state index in [1.54, 1.807) is 74.5 Å². The minimum Gasteiger partial charge on any atom is -0.480 e. The first kappa shape index (κ1) is 58.5. The number of aliphatic carboxylic acids is 1. The van der Waals surface area contributed by atoms with Crippen molar-refractivity contribution in [2.24, 2.45) is 29.0 Å². The summed E-state index contributed by atoms with van der Waals surface area (Å²) in [5, 5.41) is 37.7. The zero-order valence-electron chi connectivity index (χ0n) is 39.4. The summed E-state index contributed by atoms with van der Waals surface area (Å²) < 4.78 is 0. The Kier molecular flexibility index (Phi) is 24.9. The molecule has 9 atom stereocenters. The number of carboxylic acid groups (broad SMARTS) is 1. The topological polar surface area (TPSA) is 373 Å². The van der Waals surface area contributed by atoms with Crippen molar-refractivity contribution in [3.8, 4) is 0 Å². The SMILES string of the molecule is CC(C)CC(N)C(=O)NC(CCC(N)=O)C(=O)NC(CC(N)=O)C(=O)NC(Cc1ccccc1)C(=O)NC(C(=O)NC(CC(C)C)C(=O)NC(CS)C(=O)NC(Cc1ccccc1)C(=O)O)C(C)O. The third-order valence-electron chi connectivity index (χ3n) is 10.4. The molecule has 0 aromatic heterocycles. The summed E-state index contributed by atoms with van der Waals surface area (Å²) in [4.78, 5) is 131. The molecule has 0 aliphatic rings. The lowest BCUT2D eigenvalue weighted by atomic mass is 10.0. The fourth-order valence-corrected chi connectivity index (χ4v) is 7.13. The van der Waals surface area contributed by atoms with Gasteiger partial charge in [0.2, 0.25) is 53.2 Å². The summed E-state index contributed by atoms with van der Waals surface area (Å²) in [7, 11) is 0. The number of aliphatic hydroxyl groups is 1. The van der Waals surface area contributed by atoms with Crippen LogP contribution in [-0.2, 0) is 60.8 Å². The van der Waals surface area contributed by atoms with Crippen LogP contribution in [0.15, 0.2) is 60.7 Å². The minimum atomic E-state index is -1.76. The predicted molar refractivity (Wildman–Crippen MR) is 256 cm³/mol. The molecule has 0 aliphatic carbocycles. The van der Waals surface area contributed by atoms with Crippen LogP contribution in [0.1, 0.15) is 77.8 Å². The van der Waals surface area contributed by atoms with E-state index in [9.17, 15) is 58.2 Å². The second-order valence-corrected chi connectivity index (χ2v) is 17.9. The summed E-state index contributed by atoms with van der Waals surface area (Å²) in [6.45, 7) is 8.33. The molecule has 0 spiro atoms. The number of amides is 9. The van der Waals surface area contributed by atoms with Crippen molar-refractivity contribution < 1.29 is 58.2 Å². The Morgan fingerprint density at radius 2 is 0.942 bits per heavy atom. The van der Waals surface area contributed by atoms with Gasteiger partial charge >= 0.3 is 5.97 Å². The van der Waals surface area contributed by atoms with Gasteiger partial charge in [0.1, 0.15) is 42.3 Å². The van der Waals surface area contributed by atoms with E-state index in [1.165, 1.54) is 6.92 Å². The summed E-state index contributed by atoms with van der Waals surface area (Å²) in [6, 6.07) is 5.21. The molecule has 0 saturated heterocycles. The first-order valence-electron chi connectivity index (χ1n) is 22.5. The Morgan fingerprint density at radius 1 is 0.522 bits per heavy atom. The van der Waals surface area contributed by atoms with E-state index < -0.39 is 120 Å². The molecule has 0 saturated carbocycles. The van der Waals surface area contributed by atoms with E-state index >= 15 is 0 Å². The lowest BCUT2D eigenvalue weighted by Gasteiger charge is -2.29. The molecule has 2 aromatic rings. The van der Waals surface area contributed by atoms with Gasteiger partial charge < -0.3 is 64.6 Å². The highest BCUT2D eigenvalue weighted by Gasteiger charge is 2.36. The van der Waals surface area contributed by atoms with Crippen LogP contribution in [0.2, 0.25) is 0 Å². The molecule has 9 amide bonds. The summed E-state index contributed by atoms with van der Waals surface area (Å²) in [5.41, 5.74) is 17.9. The van der Waals surface area contributed by atoms with Crippen LogP contribution in [0, 0.1) is 11.8 Å². The highest BCUT2D eigenvalue weighted by Crippen LogP contribution is 2.11. The second-order valence-electron chi connectivity index (χ2n) is 17.5. The van der Waals surface area contributed by atoms with Crippen molar-refractivity contribution in [2.75, 3.05) is 5.75 Å². The van der Waals surface area contributed by atoms with Crippen LogP contribution in [0.3, 0.4) is 0 Å². The fourth-order valence-electron chi connectivity index (χ4n) is 6.88. The van der Waals surface area contributed by atoms with Gasteiger partial charge in [-0.1, -0.05) is 88.4 Å². The number of rotatable bonds is 30. The van der Waals surface area contributed by atoms with Gasteiger partial charge in [-0.2, -0.15) is 12.6 Å². The lowest BCUT2D eigenvalue weighted by Crippen LogP contribution is -2.62. The maximum absolute atomic E-state index is 14.1. The molecular formula is C46H68N10O12S. The number of nitrogens with one attached hydrogen (secondary N) is 7. The monoisotopic (exact) mass is 984 g/mol. The third kappa shape index (κ3) is 21.5. The fraction of sp³-hybridized carbons (Fsp3) is 0.522. The van der Waals surface area contributed by atoms with Crippen molar-refractivity contribution in [3.63, 3.8) is 0 Å². The molecule has 380 valence electrons. The van der Waals surface area contributed by atoms with Gasteiger partial charge in [0.15, 0.2) is 0 Å². The normalized spacial score (nSPS) is 15.0. The van der Waals surface area contributed by atoms with E-state index in [0.717, 1.165) is 0 Å². The summed E-state index contributed by atoms with van der Waals surface area (Å²) >= 11 is 4.18. The standard InChI is InChI=1S/C46H68N10O12S/c1-24(2)18-29(47)39(60)50-30(16-17-36(48)58)40(61)52-33(22-37(49)59)42(63)51-32(20-27-12-8-6-9-13-27)43(64)56-38(26(5)57)45(66)53-31(19-25(3)4)41(62)55-35(23-69)44(65)54-34(46(67)68)21-28-14-10-7-11-15-28/h6-15,24-26,29-35,38,57,69H,16-23,47H2,1-5H3,(H2,48,58)(H2,49,59)(H,50,60)(H,51,63)(H,52,61)(H,53,66)(H,54,65)(H,55,62)(H,56,64)(H,67,68). The molecule has 2 aromatic carbocycles. The summed E-state index contributed by atoms with van der Waals surface area (Å²) in [5.74, 6) is -10.3. The number of hydrogen-bond donors (Lipinski definition) is 13. The Labute approximate surface area is 406 Å². The van der Waals surface area contributed by atoms with Crippen molar-refractivity contribution >= 4 is 71.8 Å². The molecule has 69 heavy (non-hydrogen) atoms. The molecule has 9 unspecified atom stereocenters. The van der Waals surface area contributed by atoms with Crippen LogP contribution in [-0.4, -0.2) is 130 Å². The second kappa shape index (κ2) is 29.3. The quantitative estimate of drug-likeness (QED) is 0.0371. The van der Waals surface area contributed by atoms with E-state index in [2.05, 4.69) is 49.8 Å². The minimum absolute atomic E-state index is 0.00218. The average Bonchev–Trinajstić information content (AvgIpc) is 3.27. The smallest absolute Gasteiger partial charge is 0.326 e. The molecule has 23 heteroatoms. The number of carboxylic acids is 1. The Balaban J connectivity index is 2.37. The Morgan fingerprint density at radius 3 is 1.42 bits per heavy atom. The van der Waals surface area contributed by atoms with Gasteiger partial charge in [0, 0.05) is 25.0 Å². The first-order chi connectivity index (χ1) is 32.4. The number of carbonyl (C=O) groups is 10. The van der Waals surface area contributed by atoms with Crippen molar-refractivity contribution in [3.05, 3.63) is 71.8 Å². The zero-order chi connectivity index (χ0) is 52.0. The van der Waals surface area contributed by atoms with E-state index in [0.29, 0.717) is 11.1 Å². The molecule has 15 N–H and O–H groups in total. The van der Waals surface area contributed by atoms with Crippen molar-refractivity contribution in [1.82, 2.24) is 37.2 Å². The number of aliphatic hydroxyl groups excluding tert-OH is 1. The average molecular weight is 985 g/mol. The molecule has 0 heterocycles. The van der Waals surface area contributed by atoms with Crippen LogP contribution < -0.4 is 54.4 Å². The van der Waals surface area contributed by atoms with Crippen LogP contribution in [0.4, 0.5) is 0 Å². The number of hydrogen-bond acceptors (Lipinski definition) is 13. The third-order valence-corrected chi connectivity index (χ3v) is 10.8.